The molecule has 0 atom stereocenters. The van der Waals surface area contributed by atoms with Crippen LogP contribution in [-0.2, 0) is 6.61 Å². The fraction of sp³-hybridized carbons (Fsp3) is 0.462. The first kappa shape index (κ1) is 16.3. The van der Waals surface area contributed by atoms with E-state index in [9.17, 15) is 18.0 Å². The predicted molar refractivity (Wildman–Crippen MR) is 65.1 cm³/mol. The summed E-state index contributed by atoms with van der Waals surface area (Å²) in [6.45, 7) is 2.69. The van der Waals surface area contributed by atoms with E-state index in [0.29, 0.717) is 0 Å². The molecule has 1 aromatic rings. The molecule has 0 unspecified atom stereocenters. The smallest absolute Gasteiger partial charge is 0.455 e. The van der Waals surface area contributed by atoms with Crippen LogP contribution in [0, 0.1) is 0 Å². The van der Waals surface area contributed by atoms with Crippen molar-refractivity contribution in [3.8, 4) is 11.5 Å². The number of ketones is 1. The lowest BCUT2D eigenvalue weighted by Gasteiger charge is -2.17. The Morgan fingerprint density at radius 1 is 1.30 bits per heavy atom. The lowest BCUT2D eigenvalue weighted by Crippen LogP contribution is -2.24. The van der Waals surface area contributed by atoms with Gasteiger partial charge in [-0.3, -0.25) is 4.79 Å². The second kappa shape index (κ2) is 6.13. The van der Waals surface area contributed by atoms with Crippen LogP contribution in [0.1, 0.15) is 29.8 Å². The normalized spacial score (nSPS) is 11.6. The van der Waals surface area contributed by atoms with Gasteiger partial charge in [0.25, 0.3) is 5.78 Å². The number of methoxy groups -OCH3 is 1. The van der Waals surface area contributed by atoms with E-state index < -0.39 is 30.2 Å². The van der Waals surface area contributed by atoms with E-state index in [1.54, 1.807) is 13.8 Å². The largest absolute Gasteiger partial charge is 0.496 e. The third-order valence-corrected chi connectivity index (χ3v) is 2.42. The molecule has 112 valence electrons. The molecule has 0 saturated carbocycles. The fourth-order valence-corrected chi connectivity index (χ4v) is 1.60. The molecule has 0 bridgehead atoms. The van der Waals surface area contributed by atoms with Crippen molar-refractivity contribution in [3.63, 3.8) is 0 Å². The molecule has 0 spiro atoms. The maximum atomic E-state index is 12.6. The van der Waals surface area contributed by atoms with Gasteiger partial charge in [0.2, 0.25) is 0 Å². The Bertz CT molecular complexity index is 495. The first-order chi connectivity index (χ1) is 9.20. The molecular weight excluding hydrogens is 277 g/mol. The summed E-state index contributed by atoms with van der Waals surface area (Å²) in [5.74, 6) is -2.09. The molecule has 0 amide bonds. The second-order valence-corrected chi connectivity index (χ2v) is 4.31. The number of carbonyl (C=O) groups excluding carboxylic acids is 1. The van der Waals surface area contributed by atoms with Crippen LogP contribution in [0.2, 0.25) is 0 Å². The summed E-state index contributed by atoms with van der Waals surface area (Å²) in [4.78, 5) is 11.4. The third-order valence-electron chi connectivity index (χ3n) is 2.42. The van der Waals surface area contributed by atoms with Crippen LogP contribution < -0.4 is 9.47 Å². The number of hydrogen-bond donors (Lipinski definition) is 1. The quantitative estimate of drug-likeness (QED) is 0.848. The average Bonchev–Trinajstić information content (AvgIpc) is 2.35. The van der Waals surface area contributed by atoms with Crippen molar-refractivity contribution in [2.24, 2.45) is 0 Å². The monoisotopic (exact) mass is 292 g/mol. The predicted octanol–water partition coefficient (Wildman–Crippen LogP) is 2.72. The summed E-state index contributed by atoms with van der Waals surface area (Å²) < 4.78 is 47.9. The Morgan fingerprint density at radius 2 is 1.90 bits per heavy atom. The minimum absolute atomic E-state index is 0.0798. The van der Waals surface area contributed by atoms with Gasteiger partial charge in [-0.1, -0.05) is 0 Å². The number of benzene rings is 1. The highest BCUT2D eigenvalue weighted by Gasteiger charge is 2.41. The summed E-state index contributed by atoms with van der Waals surface area (Å²) in [5.41, 5.74) is -0.563. The zero-order valence-corrected chi connectivity index (χ0v) is 11.2. The van der Waals surface area contributed by atoms with E-state index in [-0.39, 0.29) is 17.1 Å². The zero-order chi connectivity index (χ0) is 15.5. The van der Waals surface area contributed by atoms with Crippen LogP contribution in [0.25, 0.3) is 0 Å². The van der Waals surface area contributed by atoms with Gasteiger partial charge in [0.15, 0.2) is 0 Å². The van der Waals surface area contributed by atoms with Gasteiger partial charge in [-0.05, 0) is 19.9 Å². The van der Waals surface area contributed by atoms with Gasteiger partial charge in [0.05, 0.1) is 25.4 Å². The Kier molecular flexibility index (Phi) is 4.99. The van der Waals surface area contributed by atoms with E-state index >= 15 is 0 Å². The van der Waals surface area contributed by atoms with Crippen molar-refractivity contribution < 1.29 is 32.5 Å². The summed E-state index contributed by atoms with van der Waals surface area (Å²) in [6, 6.07) is 2.11. The molecule has 0 aromatic heterocycles. The number of carbonyl (C=O) groups is 1. The number of halogens is 3. The summed E-state index contributed by atoms with van der Waals surface area (Å²) in [6.07, 6.45) is -5.43. The lowest BCUT2D eigenvalue weighted by atomic mass is 10.0. The molecule has 1 aromatic carbocycles. The van der Waals surface area contributed by atoms with E-state index in [2.05, 4.69) is 0 Å². The molecule has 20 heavy (non-hydrogen) atoms. The highest BCUT2D eigenvalue weighted by Crippen LogP contribution is 2.34. The number of alkyl halides is 3. The van der Waals surface area contributed by atoms with Crippen molar-refractivity contribution in [1.29, 1.82) is 0 Å². The van der Waals surface area contributed by atoms with Crippen molar-refractivity contribution >= 4 is 5.78 Å². The fourth-order valence-electron chi connectivity index (χ4n) is 1.60. The van der Waals surface area contributed by atoms with E-state index in [1.165, 1.54) is 13.2 Å². The van der Waals surface area contributed by atoms with Gasteiger partial charge >= 0.3 is 6.18 Å². The Morgan fingerprint density at radius 3 is 2.30 bits per heavy atom. The van der Waals surface area contributed by atoms with Gasteiger partial charge in [0.1, 0.15) is 11.5 Å². The minimum Gasteiger partial charge on any atom is -0.496 e. The highest BCUT2D eigenvalue weighted by atomic mass is 19.4. The molecule has 0 fully saturated rings. The highest BCUT2D eigenvalue weighted by molar-refractivity contribution is 6.03. The van der Waals surface area contributed by atoms with Crippen molar-refractivity contribution in [1.82, 2.24) is 0 Å². The number of rotatable bonds is 5. The molecule has 0 aliphatic carbocycles. The number of aliphatic hydroxyl groups excluding tert-OH is 1. The van der Waals surface area contributed by atoms with Gasteiger partial charge in [-0.25, -0.2) is 0 Å². The first-order valence-corrected chi connectivity index (χ1v) is 5.80. The van der Waals surface area contributed by atoms with E-state index in [0.717, 1.165) is 6.07 Å². The van der Waals surface area contributed by atoms with Crippen LogP contribution in [0.15, 0.2) is 12.1 Å². The molecule has 0 aliphatic rings. The minimum atomic E-state index is -5.02. The first-order valence-electron chi connectivity index (χ1n) is 5.80. The van der Waals surface area contributed by atoms with Crippen molar-refractivity contribution in [3.05, 3.63) is 23.3 Å². The molecule has 1 N–H and O–H groups in total. The standard InChI is InChI=1S/C13H15F3O4/c1-7(2)20-11-5-10(19-3)8(6-17)4-9(11)12(18)13(14,15)16/h4-5,7,17H,6H2,1-3H3. The maximum absolute atomic E-state index is 12.6. The molecule has 0 saturated heterocycles. The lowest BCUT2D eigenvalue weighted by molar-refractivity contribution is -0.0887. The van der Waals surface area contributed by atoms with Crippen LogP contribution in [0.3, 0.4) is 0 Å². The van der Waals surface area contributed by atoms with Crippen LogP contribution in [-0.4, -0.2) is 30.3 Å². The summed E-state index contributed by atoms with van der Waals surface area (Å²) in [5, 5.41) is 9.12. The molecule has 0 aliphatic heterocycles. The van der Waals surface area contributed by atoms with Gasteiger partial charge in [-0.15, -0.1) is 0 Å². The Hall–Kier alpha value is -1.76. The SMILES string of the molecule is COc1cc(OC(C)C)c(C(=O)C(F)(F)F)cc1CO. The van der Waals surface area contributed by atoms with Gasteiger partial charge in [0, 0.05) is 11.6 Å². The molecule has 4 nitrogen and oxygen atoms in total. The molecule has 0 radical (unpaired) electrons. The molecule has 1 rings (SSSR count). The maximum Gasteiger partial charge on any atom is 0.455 e. The third kappa shape index (κ3) is 3.63. The zero-order valence-electron chi connectivity index (χ0n) is 11.2. The van der Waals surface area contributed by atoms with Gasteiger partial charge in [-0.2, -0.15) is 13.2 Å². The Balaban J connectivity index is 3.42. The number of hydrogen-bond acceptors (Lipinski definition) is 4. The molecule has 7 heteroatoms. The number of Topliss-reactive ketones (excluding diaryl/α,β-unsaturated/α-hetero) is 1. The molecular formula is C13H15F3O4. The summed E-state index contributed by atoms with van der Waals surface area (Å²) >= 11 is 0. The van der Waals surface area contributed by atoms with Crippen LogP contribution in [0.4, 0.5) is 13.2 Å². The van der Waals surface area contributed by atoms with E-state index in [1.807, 2.05) is 0 Å². The number of ether oxygens (including phenoxy) is 2. The summed E-state index contributed by atoms with van der Waals surface area (Å²) in [7, 11) is 1.30. The van der Waals surface area contributed by atoms with Crippen LogP contribution in [0.5, 0.6) is 11.5 Å². The average molecular weight is 292 g/mol. The van der Waals surface area contributed by atoms with Gasteiger partial charge < -0.3 is 14.6 Å². The number of aliphatic hydroxyl groups is 1. The van der Waals surface area contributed by atoms with Crippen LogP contribution >= 0.6 is 0 Å². The second-order valence-electron chi connectivity index (χ2n) is 4.31. The Labute approximate surface area is 114 Å². The van der Waals surface area contributed by atoms with Crippen molar-refractivity contribution in [2.75, 3.05) is 7.11 Å². The topological polar surface area (TPSA) is 55.8 Å². The van der Waals surface area contributed by atoms with Crippen molar-refractivity contribution in [2.45, 2.75) is 32.7 Å². The van der Waals surface area contributed by atoms with E-state index in [4.69, 9.17) is 14.6 Å². The molecule has 0 heterocycles.